The van der Waals surface area contributed by atoms with Gasteiger partial charge >= 0.3 is 0 Å². The van der Waals surface area contributed by atoms with Crippen LogP contribution in [0.5, 0.6) is 0 Å². The molecule has 0 bridgehead atoms. The molecule has 0 aliphatic carbocycles. The van der Waals surface area contributed by atoms with Crippen LogP contribution in [-0.4, -0.2) is 55.1 Å². The minimum atomic E-state index is -0.483. The van der Waals surface area contributed by atoms with Gasteiger partial charge in [-0.1, -0.05) is 58.4 Å². The molecule has 1 saturated heterocycles. The quantitative estimate of drug-likeness (QED) is 0.370. The van der Waals surface area contributed by atoms with Crippen molar-refractivity contribution < 1.29 is 13.9 Å². The molecule has 0 N–H and O–H groups in total. The average Bonchev–Trinajstić information content (AvgIpc) is 3.15. The van der Waals surface area contributed by atoms with Crippen LogP contribution in [0, 0.1) is 0 Å². The van der Waals surface area contributed by atoms with Crippen LogP contribution in [-0.2, 0) is 4.74 Å². The number of morpholine rings is 1. The monoisotopic (exact) mass is 518 g/mol. The summed E-state index contributed by atoms with van der Waals surface area (Å²) in [6.45, 7) is 4.29. The van der Waals surface area contributed by atoms with Gasteiger partial charge in [0.1, 0.15) is 5.58 Å². The van der Waals surface area contributed by atoms with Crippen LogP contribution in [0.25, 0.3) is 21.7 Å². The molecular formula is C27H23BrN2O4. The number of rotatable bonds is 4. The number of nitrogens with zero attached hydrogens (tertiary/aromatic N) is 2. The number of ether oxygens (including phenoxy) is 1. The molecule has 2 aliphatic rings. The van der Waals surface area contributed by atoms with E-state index in [0.717, 1.165) is 33.9 Å². The van der Waals surface area contributed by atoms with Crippen molar-refractivity contribution in [2.24, 2.45) is 0 Å². The second kappa shape index (κ2) is 8.65. The summed E-state index contributed by atoms with van der Waals surface area (Å²) in [7, 11) is 0. The molecule has 3 aromatic carbocycles. The molecule has 6 rings (SSSR count). The summed E-state index contributed by atoms with van der Waals surface area (Å²) in [5.74, 6) is -0.0770. The zero-order valence-corrected chi connectivity index (χ0v) is 20.1. The van der Waals surface area contributed by atoms with E-state index in [9.17, 15) is 9.59 Å². The largest absolute Gasteiger partial charge is 0.450 e. The first kappa shape index (κ1) is 21.5. The average molecular weight is 519 g/mol. The second-order valence-electron chi connectivity index (χ2n) is 8.74. The Morgan fingerprint density at radius 3 is 2.44 bits per heavy atom. The Bertz CT molecular complexity index is 1460. The van der Waals surface area contributed by atoms with Gasteiger partial charge in [-0.3, -0.25) is 14.5 Å². The molecule has 1 atom stereocenters. The lowest BCUT2D eigenvalue weighted by Gasteiger charge is -2.31. The normalized spacial score (nSPS) is 18.7. The van der Waals surface area contributed by atoms with Crippen LogP contribution in [0.4, 0.5) is 0 Å². The van der Waals surface area contributed by atoms with Crippen LogP contribution in [0.15, 0.2) is 74.3 Å². The molecule has 1 unspecified atom stereocenters. The third-order valence-corrected chi connectivity index (χ3v) is 7.33. The maximum absolute atomic E-state index is 13.8. The maximum Gasteiger partial charge on any atom is 0.290 e. The Balaban J connectivity index is 1.50. The Morgan fingerprint density at radius 2 is 1.65 bits per heavy atom. The van der Waals surface area contributed by atoms with Gasteiger partial charge in [-0.05, 0) is 29.1 Å². The molecular weight excluding hydrogens is 496 g/mol. The van der Waals surface area contributed by atoms with E-state index in [1.54, 1.807) is 4.90 Å². The first-order chi connectivity index (χ1) is 16.6. The first-order valence-corrected chi connectivity index (χ1v) is 12.3. The van der Waals surface area contributed by atoms with Gasteiger partial charge in [0.25, 0.3) is 5.91 Å². The molecule has 1 amide bonds. The van der Waals surface area contributed by atoms with Crippen molar-refractivity contribution in [3.8, 4) is 0 Å². The number of hydrogen-bond donors (Lipinski definition) is 0. The number of fused-ring (bicyclic) bond motifs is 4. The number of amides is 1. The van der Waals surface area contributed by atoms with Crippen molar-refractivity contribution in [3.05, 3.63) is 92.2 Å². The zero-order chi connectivity index (χ0) is 23.2. The van der Waals surface area contributed by atoms with Gasteiger partial charge in [0, 0.05) is 36.0 Å². The number of carbonyl (C=O) groups excluding carboxylic acids is 1. The summed E-state index contributed by atoms with van der Waals surface area (Å²) < 4.78 is 12.7. The van der Waals surface area contributed by atoms with E-state index >= 15 is 0 Å². The SMILES string of the molecule is O=C1c2oc3c(ccc4ccccc43)c(=O)c2C(c2ccc(Br)cc2)N1CCN1CCOCC1. The van der Waals surface area contributed by atoms with E-state index in [4.69, 9.17) is 9.15 Å². The predicted molar refractivity (Wildman–Crippen MR) is 134 cm³/mol. The van der Waals surface area contributed by atoms with Crippen LogP contribution >= 0.6 is 15.9 Å². The van der Waals surface area contributed by atoms with E-state index in [0.29, 0.717) is 42.8 Å². The Labute approximate surface area is 204 Å². The van der Waals surface area contributed by atoms with Gasteiger partial charge < -0.3 is 14.1 Å². The molecule has 172 valence electrons. The molecule has 2 aliphatic heterocycles. The Morgan fingerprint density at radius 1 is 0.882 bits per heavy atom. The molecule has 7 heteroatoms. The molecule has 0 spiro atoms. The van der Waals surface area contributed by atoms with Crippen molar-refractivity contribution in [2.75, 3.05) is 39.4 Å². The van der Waals surface area contributed by atoms with Gasteiger partial charge in [0.05, 0.1) is 30.2 Å². The van der Waals surface area contributed by atoms with E-state index in [2.05, 4.69) is 20.8 Å². The molecule has 1 fully saturated rings. The van der Waals surface area contributed by atoms with Gasteiger partial charge in [-0.25, -0.2) is 0 Å². The summed E-state index contributed by atoms with van der Waals surface area (Å²) in [6, 6.07) is 18.8. The summed E-state index contributed by atoms with van der Waals surface area (Å²) in [5, 5.41) is 2.30. The van der Waals surface area contributed by atoms with Crippen LogP contribution in [0.3, 0.4) is 0 Å². The zero-order valence-electron chi connectivity index (χ0n) is 18.5. The van der Waals surface area contributed by atoms with E-state index in [-0.39, 0.29) is 17.1 Å². The van der Waals surface area contributed by atoms with Crippen LogP contribution in [0.2, 0.25) is 0 Å². The maximum atomic E-state index is 13.8. The minimum Gasteiger partial charge on any atom is -0.450 e. The standard InChI is InChI=1S/C27H23BrN2O4/c28-19-8-5-18(6-9-19)23-22-24(31)21-10-7-17-3-1-2-4-20(17)25(21)34-26(22)27(32)30(23)12-11-29-13-15-33-16-14-29/h1-10,23H,11-16H2. The summed E-state index contributed by atoms with van der Waals surface area (Å²) >= 11 is 3.49. The number of carbonyl (C=O) groups is 1. The molecule has 0 saturated carbocycles. The van der Waals surface area contributed by atoms with Gasteiger partial charge in [0.15, 0.2) is 5.43 Å². The van der Waals surface area contributed by atoms with Crippen LogP contribution in [0.1, 0.15) is 27.7 Å². The minimum absolute atomic E-state index is 0.142. The van der Waals surface area contributed by atoms with Gasteiger partial charge in [0.2, 0.25) is 5.76 Å². The highest BCUT2D eigenvalue weighted by atomic mass is 79.9. The number of benzene rings is 3. The number of hydrogen-bond acceptors (Lipinski definition) is 5. The lowest BCUT2D eigenvalue weighted by atomic mass is 9.97. The van der Waals surface area contributed by atoms with Crippen molar-refractivity contribution in [3.63, 3.8) is 0 Å². The van der Waals surface area contributed by atoms with Gasteiger partial charge in [-0.2, -0.15) is 0 Å². The fourth-order valence-corrected chi connectivity index (χ4v) is 5.31. The van der Waals surface area contributed by atoms with Crippen molar-refractivity contribution in [1.29, 1.82) is 0 Å². The Hall–Kier alpha value is -3.00. The molecule has 3 heterocycles. The fourth-order valence-electron chi connectivity index (χ4n) is 5.04. The summed E-state index contributed by atoms with van der Waals surface area (Å²) in [4.78, 5) is 31.6. The lowest BCUT2D eigenvalue weighted by molar-refractivity contribution is 0.0314. The smallest absolute Gasteiger partial charge is 0.290 e. The predicted octanol–water partition coefficient (Wildman–Crippen LogP) is 4.59. The molecule has 1 aromatic heterocycles. The van der Waals surface area contributed by atoms with Crippen molar-refractivity contribution in [1.82, 2.24) is 9.80 Å². The second-order valence-corrected chi connectivity index (χ2v) is 9.66. The van der Waals surface area contributed by atoms with Crippen molar-refractivity contribution in [2.45, 2.75) is 6.04 Å². The molecule has 6 nitrogen and oxygen atoms in total. The lowest BCUT2D eigenvalue weighted by Crippen LogP contribution is -2.42. The third kappa shape index (κ3) is 3.55. The highest BCUT2D eigenvalue weighted by Crippen LogP contribution is 2.39. The van der Waals surface area contributed by atoms with Crippen molar-refractivity contribution >= 4 is 43.6 Å². The molecule has 4 aromatic rings. The third-order valence-electron chi connectivity index (χ3n) is 6.80. The highest BCUT2D eigenvalue weighted by Gasteiger charge is 2.42. The van der Waals surface area contributed by atoms with Gasteiger partial charge in [-0.15, -0.1) is 0 Å². The van der Waals surface area contributed by atoms with Crippen LogP contribution < -0.4 is 5.43 Å². The topological polar surface area (TPSA) is 63.0 Å². The molecule has 0 radical (unpaired) electrons. The number of halogens is 1. The van der Waals surface area contributed by atoms with E-state index < -0.39 is 6.04 Å². The van der Waals surface area contributed by atoms with E-state index in [1.165, 1.54) is 0 Å². The first-order valence-electron chi connectivity index (χ1n) is 11.5. The summed E-state index contributed by atoms with van der Waals surface area (Å²) in [6.07, 6.45) is 0. The highest BCUT2D eigenvalue weighted by molar-refractivity contribution is 9.10. The summed E-state index contributed by atoms with van der Waals surface area (Å²) in [5.41, 5.74) is 1.65. The fraction of sp³-hybridized carbons (Fsp3) is 0.259. The Kier molecular flexibility index (Phi) is 5.48. The molecule has 34 heavy (non-hydrogen) atoms. The van der Waals surface area contributed by atoms with E-state index in [1.807, 2.05) is 60.7 Å².